The largest absolute Gasteiger partial charge is 0.303 e. The van der Waals surface area contributed by atoms with Crippen LogP contribution in [0.15, 0.2) is 46.9 Å². The summed E-state index contributed by atoms with van der Waals surface area (Å²) in [6, 6.07) is 10.6. The second-order valence-corrected chi connectivity index (χ2v) is 5.35. The molecule has 1 atom stereocenters. The van der Waals surface area contributed by atoms with Gasteiger partial charge in [-0.15, -0.1) is 0 Å². The van der Waals surface area contributed by atoms with Crippen LogP contribution in [0.1, 0.15) is 34.3 Å². The lowest BCUT2D eigenvalue weighted by atomic mass is 9.98. The Morgan fingerprint density at radius 2 is 1.85 bits per heavy atom. The molecule has 0 aliphatic rings. The van der Waals surface area contributed by atoms with Crippen molar-refractivity contribution in [3.63, 3.8) is 0 Å². The van der Waals surface area contributed by atoms with Crippen molar-refractivity contribution in [1.82, 2.24) is 0 Å². The third kappa shape index (κ3) is 3.02. The predicted octanol–water partition coefficient (Wildman–Crippen LogP) is 4.12. The van der Waals surface area contributed by atoms with E-state index in [0.717, 1.165) is 11.8 Å². The average Bonchev–Trinajstić information content (AvgIpc) is 2.46. The van der Waals surface area contributed by atoms with Gasteiger partial charge in [0, 0.05) is 21.5 Å². The molecule has 1 unspecified atom stereocenters. The molecule has 0 radical (unpaired) electrons. The summed E-state index contributed by atoms with van der Waals surface area (Å²) in [6.07, 6.45) is 0.850. The molecule has 102 valence electrons. The minimum absolute atomic E-state index is 0.192. The summed E-state index contributed by atoms with van der Waals surface area (Å²) in [7, 11) is 0. The number of halogens is 2. The molecule has 0 spiro atoms. The van der Waals surface area contributed by atoms with E-state index in [2.05, 4.69) is 15.9 Å². The maximum Gasteiger partial charge on any atom is 0.194 e. The molecule has 0 amide bonds. The molecule has 4 heteroatoms. The Hall–Kier alpha value is -1.81. The molecule has 20 heavy (non-hydrogen) atoms. The van der Waals surface area contributed by atoms with Crippen molar-refractivity contribution in [3.8, 4) is 0 Å². The summed E-state index contributed by atoms with van der Waals surface area (Å²) >= 11 is 3.35. The van der Waals surface area contributed by atoms with Crippen molar-refractivity contribution in [2.24, 2.45) is 0 Å². The number of hydrogen-bond donors (Lipinski definition) is 0. The predicted molar refractivity (Wildman–Crippen MR) is 78.5 cm³/mol. The number of aldehydes is 1. The molecule has 0 aliphatic carbocycles. The zero-order chi connectivity index (χ0) is 14.7. The number of hydrogen-bond acceptors (Lipinski definition) is 2. The SMILES string of the molecule is CC(C=O)c1ccc(C(=O)c2ccc(F)cc2)c(Br)c1. The van der Waals surface area contributed by atoms with Gasteiger partial charge in [-0.1, -0.05) is 28.9 Å². The smallest absolute Gasteiger partial charge is 0.194 e. The molecular weight excluding hydrogens is 323 g/mol. The fourth-order valence-corrected chi connectivity index (χ4v) is 2.41. The summed E-state index contributed by atoms with van der Waals surface area (Å²) in [4.78, 5) is 23.1. The standard InChI is InChI=1S/C16H12BrFO2/c1-10(9-19)12-4-7-14(15(17)8-12)16(20)11-2-5-13(18)6-3-11/h2-10H,1H3. The Morgan fingerprint density at radius 1 is 1.20 bits per heavy atom. The summed E-state index contributed by atoms with van der Waals surface area (Å²) in [6.45, 7) is 1.79. The lowest BCUT2D eigenvalue weighted by molar-refractivity contribution is -0.108. The van der Waals surface area contributed by atoms with Gasteiger partial charge in [-0.05, 0) is 42.0 Å². The van der Waals surface area contributed by atoms with Crippen molar-refractivity contribution < 1.29 is 14.0 Å². The van der Waals surface area contributed by atoms with Gasteiger partial charge in [0.15, 0.2) is 5.78 Å². The van der Waals surface area contributed by atoms with Gasteiger partial charge in [-0.2, -0.15) is 0 Å². The fourth-order valence-electron chi connectivity index (χ4n) is 1.83. The maximum absolute atomic E-state index is 12.9. The number of benzene rings is 2. The molecule has 0 N–H and O–H groups in total. The molecule has 0 aliphatic heterocycles. The Morgan fingerprint density at radius 3 is 2.40 bits per heavy atom. The van der Waals surface area contributed by atoms with Crippen LogP contribution in [0.4, 0.5) is 4.39 Å². The first-order chi connectivity index (χ1) is 9.52. The first-order valence-electron chi connectivity index (χ1n) is 6.08. The molecular formula is C16H12BrFO2. The first kappa shape index (κ1) is 14.6. The van der Waals surface area contributed by atoms with E-state index in [1.807, 2.05) is 0 Å². The molecule has 0 aromatic heterocycles. The van der Waals surface area contributed by atoms with Gasteiger partial charge >= 0.3 is 0 Å². The minimum atomic E-state index is -0.379. The molecule has 0 saturated heterocycles. The highest BCUT2D eigenvalue weighted by Gasteiger charge is 2.14. The fraction of sp³-hybridized carbons (Fsp3) is 0.125. The summed E-state index contributed by atoms with van der Waals surface area (Å²) in [5, 5.41) is 0. The van der Waals surface area contributed by atoms with E-state index in [9.17, 15) is 14.0 Å². The van der Waals surface area contributed by atoms with Crippen LogP contribution in [0.25, 0.3) is 0 Å². The third-order valence-electron chi connectivity index (χ3n) is 3.07. The van der Waals surface area contributed by atoms with Gasteiger partial charge in [0.2, 0.25) is 0 Å². The normalized spacial score (nSPS) is 11.9. The Balaban J connectivity index is 2.35. The highest BCUT2D eigenvalue weighted by atomic mass is 79.9. The molecule has 2 nitrogen and oxygen atoms in total. The lowest BCUT2D eigenvalue weighted by Crippen LogP contribution is -2.04. The van der Waals surface area contributed by atoms with Gasteiger partial charge < -0.3 is 4.79 Å². The van der Waals surface area contributed by atoms with Crippen LogP contribution in [0.5, 0.6) is 0 Å². The van der Waals surface area contributed by atoms with Gasteiger partial charge in [0.25, 0.3) is 0 Å². The number of rotatable bonds is 4. The quantitative estimate of drug-likeness (QED) is 0.622. The van der Waals surface area contributed by atoms with Crippen LogP contribution in [-0.2, 0) is 4.79 Å². The Labute approximate surface area is 124 Å². The van der Waals surface area contributed by atoms with Crippen LogP contribution >= 0.6 is 15.9 Å². The van der Waals surface area contributed by atoms with Crippen LogP contribution in [-0.4, -0.2) is 12.1 Å². The second-order valence-electron chi connectivity index (χ2n) is 4.50. The first-order valence-corrected chi connectivity index (χ1v) is 6.87. The Kier molecular flexibility index (Phi) is 4.45. The molecule has 0 saturated carbocycles. The number of carbonyl (C=O) groups is 2. The van der Waals surface area contributed by atoms with E-state index in [4.69, 9.17) is 0 Å². The van der Waals surface area contributed by atoms with Crippen molar-refractivity contribution in [1.29, 1.82) is 0 Å². The van der Waals surface area contributed by atoms with Crippen LogP contribution in [0.3, 0.4) is 0 Å². The monoisotopic (exact) mass is 334 g/mol. The summed E-state index contributed by atoms with van der Waals surface area (Å²) in [5.74, 6) is -0.792. The Bertz CT molecular complexity index is 650. The van der Waals surface area contributed by atoms with Crippen molar-refractivity contribution in [2.45, 2.75) is 12.8 Å². The molecule has 0 fully saturated rings. The van der Waals surface area contributed by atoms with Crippen LogP contribution in [0.2, 0.25) is 0 Å². The minimum Gasteiger partial charge on any atom is -0.303 e. The van der Waals surface area contributed by atoms with Gasteiger partial charge in [-0.3, -0.25) is 4.79 Å². The second kappa shape index (κ2) is 6.09. The van der Waals surface area contributed by atoms with E-state index >= 15 is 0 Å². The highest BCUT2D eigenvalue weighted by molar-refractivity contribution is 9.10. The molecule has 2 aromatic rings. The van der Waals surface area contributed by atoms with Crippen LogP contribution in [0, 0.1) is 5.82 Å². The molecule has 0 heterocycles. The van der Waals surface area contributed by atoms with E-state index in [0.29, 0.717) is 15.6 Å². The van der Waals surface area contributed by atoms with Crippen molar-refractivity contribution in [2.75, 3.05) is 0 Å². The van der Waals surface area contributed by atoms with Crippen molar-refractivity contribution in [3.05, 3.63) is 69.4 Å². The lowest BCUT2D eigenvalue weighted by Gasteiger charge is -2.08. The van der Waals surface area contributed by atoms with Gasteiger partial charge in [0.1, 0.15) is 12.1 Å². The van der Waals surface area contributed by atoms with Gasteiger partial charge in [0.05, 0.1) is 0 Å². The topological polar surface area (TPSA) is 34.1 Å². The zero-order valence-electron chi connectivity index (χ0n) is 10.8. The summed E-state index contributed by atoms with van der Waals surface area (Å²) in [5.41, 5.74) is 1.74. The summed E-state index contributed by atoms with van der Waals surface area (Å²) < 4.78 is 13.5. The average molecular weight is 335 g/mol. The molecule has 2 aromatic carbocycles. The molecule has 2 rings (SSSR count). The maximum atomic E-state index is 12.9. The van der Waals surface area contributed by atoms with Crippen molar-refractivity contribution >= 4 is 28.0 Å². The van der Waals surface area contributed by atoms with E-state index < -0.39 is 0 Å². The third-order valence-corrected chi connectivity index (χ3v) is 3.73. The van der Waals surface area contributed by atoms with Crippen LogP contribution < -0.4 is 0 Å². The van der Waals surface area contributed by atoms with E-state index in [-0.39, 0.29) is 17.5 Å². The number of carbonyl (C=O) groups excluding carboxylic acids is 2. The zero-order valence-corrected chi connectivity index (χ0v) is 12.4. The highest BCUT2D eigenvalue weighted by Crippen LogP contribution is 2.25. The van der Waals surface area contributed by atoms with E-state index in [1.54, 1.807) is 25.1 Å². The molecule has 0 bridgehead atoms. The van der Waals surface area contributed by atoms with E-state index in [1.165, 1.54) is 24.3 Å². The van der Waals surface area contributed by atoms with Gasteiger partial charge in [-0.25, -0.2) is 4.39 Å². The number of ketones is 1.